The van der Waals surface area contributed by atoms with Crippen LogP contribution in [-0.4, -0.2) is 12.5 Å². The number of ether oxygens (including phenoxy) is 1. The standard InChI is InChI=1S/C18H17NO2/c1-2-14-5-3-4-6-15(14)9-7-13-8-10-17-16(11-13)19-18(20)12-21-17/h3-11H,2,12H2,1H3,(H,19,20). The lowest BCUT2D eigenvalue weighted by atomic mass is 10.0. The first-order valence-corrected chi connectivity index (χ1v) is 7.09. The van der Waals surface area contributed by atoms with Gasteiger partial charge in [-0.2, -0.15) is 0 Å². The van der Waals surface area contributed by atoms with Gasteiger partial charge in [0.2, 0.25) is 0 Å². The van der Waals surface area contributed by atoms with Crippen LogP contribution in [0.3, 0.4) is 0 Å². The van der Waals surface area contributed by atoms with Crippen LogP contribution < -0.4 is 10.1 Å². The zero-order chi connectivity index (χ0) is 14.7. The third-order valence-electron chi connectivity index (χ3n) is 3.53. The summed E-state index contributed by atoms with van der Waals surface area (Å²) in [5.74, 6) is 0.612. The van der Waals surface area contributed by atoms with Gasteiger partial charge in [-0.1, -0.05) is 49.4 Å². The van der Waals surface area contributed by atoms with Crippen LogP contribution in [0.5, 0.6) is 5.75 Å². The van der Waals surface area contributed by atoms with E-state index in [1.165, 1.54) is 11.1 Å². The van der Waals surface area contributed by atoms with Gasteiger partial charge in [-0.15, -0.1) is 0 Å². The number of carbonyl (C=O) groups is 1. The monoisotopic (exact) mass is 279 g/mol. The molecule has 0 saturated heterocycles. The Kier molecular flexibility index (Phi) is 3.73. The lowest BCUT2D eigenvalue weighted by Gasteiger charge is -2.17. The zero-order valence-electron chi connectivity index (χ0n) is 11.9. The van der Waals surface area contributed by atoms with Gasteiger partial charge in [0.05, 0.1) is 5.69 Å². The van der Waals surface area contributed by atoms with Gasteiger partial charge in [-0.25, -0.2) is 0 Å². The summed E-state index contributed by atoms with van der Waals surface area (Å²) in [5.41, 5.74) is 4.31. The number of nitrogens with one attached hydrogen (secondary N) is 1. The Balaban J connectivity index is 1.86. The van der Waals surface area contributed by atoms with Crippen LogP contribution in [0.15, 0.2) is 42.5 Å². The van der Waals surface area contributed by atoms with Crippen molar-refractivity contribution < 1.29 is 9.53 Å². The number of fused-ring (bicyclic) bond motifs is 1. The summed E-state index contributed by atoms with van der Waals surface area (Å²) in [5, 5.41) is 2.82. The number of anilines is 1. The van der Waals surface area contributed by atoms with E-state index < -0.39 is 0 Å². The average molecular weight is 279 g/mol. The molecule has 0 spiro atoms. The lowest BCUT2D eigenvalue weighted by molar-refractivity contribution is -0.118. The molecule has 0 aliphatic carbocycles. The van der Waals surface area contributed by atoms with Crippen LogP contribution in [0, 0.1) is 0 Å². The Labute approximate surface area is 124 Å². The van der Waals surface area contributed by atoms with E-state index in [2.05, 4.69) is 42.6 Å². The van der Waals surface area contributed by atoms with Crippen molar-refractivity contribution in [3.63, 3.8) is 0 Å². The first-order chi connectivity index (χ1) is 10.3. The van der Waals surface area contributed by atoms with E-state index in [0.717, 1.165) is 23.4 Å². The summed E-state index contributed by atoms with van der Waals surface area (Å²) in [4.78, 5) is 11.3. The van der Waals surface area contributed by atoms with Crippen molar-refractivity contribution >= 4 is 23.7 Å². The second-order valence-electron chi connectivity index (χ2n) is 4.98. The van der Waals surface area contributed by atoms with Crippen molar-refractivity contribution in [1.82, 2.24) is 0 Å². The third kappa shape index (κ3) is 2.97. The fraction of sp³-hybridized carbons (Fsp3) is 0.167. The normalized spacial score (nSPS) is 13.7. The molecule has 1 N–H and O–H groups in total. The number of aryl methyl sites for hydroxylation is 1. The number of amides is 1. The summed E-state index contributed by atoms with van der Waals surface area (Å²) in [6.45, 7) is 2.24. The molecule has 3 rings (SSSR count). The van der Waals surface area contributed by atoms with Crippen molar-refractivity contribution in [2.75, 3.05) is 11.9 Å². The number of benzene rings is 2. The molecule has 0 fully saturated rings. The molecule has 3 heteroatoms. The second-order valence-corrected chi connectivity index (χ2v) is 4.98. The van der Waals surface area contributed by atoms with E-state index in [1.807, 2.05) is 24.3 Å². The van der Waals surface area contributed by atoms with Gasteiger partial charge in [0.25, 0.3) is 5.91 Å². The minimum Gasteiger partial charge on any atom is -0.482 e. The Morgan fingerprint density at radius 1 is 1.19 bits per heavy atom. The number of rotatable bonds is 3. The second kappa shape index (κ2) is 5.83. The molecular formula is C18H17NO2. The van der Waals surface area contributed by atoms with Gasteiger partial charge in [-0.3, -0.25) is 4.79 Å². The van der Waals surface area contributed by atoms with Crippen LogP contribution in [-0.2, 0) is 11.2 Å². The lowest BCUT2D eigenvalue weighted by Crippen LogP contribution is -2.25. The molecular weight excluding hydrogens is 262 g/mol. The van der Waals surface area contributed by atoms with Crippen molar-refractivity contribution in [1.29, 1.82) is 0 Å². The fourth-order valence-corrected chi connectivity index (χ4v) is 2.41. The molecule has 1 aliphatic heterocycles. The highest BCUT2D eigenvalue weighted by Crippen LogP contribution is 2.29. The molecule has 3 nitrogen and oxygen atoms in total. The minimum absolute atomic E-state index is 0.0893. The minimum atomic E-state index is -0.111. The highest BCUT2D eigenvalue weighted by Gasteiger charge is 2.15. The Bertz CT molecular complexity index is 704. The maximum atomic E-state index is 11.3. The topological polar surface area (TPSA) is 38.3 Å². The van der Waals surface area contributed by atoms with Crippen LogP contribution in [0.1, 0.15) is 23.6 Å². The SMILES string of the molecule is CCc1ccccc1C=Cc1ccc2c(c1)NC(=O)CO2. The molecule has 1 heterocycles. The molecule has 1 aliphatic rings. The van der Waals surface area contributed by atoms with Crippen molar-refractivity contribution in [3.8, 4) is 5.75 Å². The Hall–Kier alpha value is -2.55. The van der Waals surface area contributed by atoms with Gasteiger partial charge in [0, 0.05) is 0 Å². The molecule has 0 bridgehead atoms. The molecule has 0 radical (unpaired) electrons. The summed E-state index contributed by atoms with van der Waals surface area (Å²) in [7, 11) is 0. The average Bonchev–Trinajstić information content (AvgIpc) is 2.52. The first-order valence-electron chi connectivity index (χ1n) is 7.09. The molecule has 2 aromatic rings. The summed E-state index contributed by atoms with van der Waals surface area (Å²) >= 11 is 0. The molecule has 0 unspecified atom stereocenters. The van der Waals surface area contributed by atoms with Gasteiger partial charge < -0.3 is 10.1 Å². The highest BCUT2D eigenvalue weighted by atomic mass is 16.5. The largest absolute Gasteiger partial charge is 0.482 e. The summed E-state index contributed by atoms with van der Waals surface area (Å²) in [6, 6.07) is 14.2. The smallest absolute Gasteiger partial charge is 0.262 e. The van der Waals surface area contributed by atoms with E-state index in [1.54, 1.807) is 0 Å². The van der Waals surface area contributed by atoms with Crippen LogP contribution in [0.4, 0.5) is 5.69 Å². The van der Waals surface area contributed by atoms with Crippen LogP contribution in [0.25, 0.3) is 12.2 Å². The predicted molar refractivity (Wildman–Crippen MR) is 85.3 cm³/mol. The summed E-state index contributed by atoms with van der Waals surface area (Å²) in [6.07, 6.45) is 5.16. The summed E-state index contributed by atoms with van der Waals surface area (Å²) < 4.78 is 5.35. The Morgan fingerprint density at radius 3 is 2.90 bits per heavy atom. The van der Waals surface area contributed by atoms with Crippen LogP contribution >= 0.6 is 0 Å². The molecule has 2 aromatic carbocycles. The predicted octanol–water partition coefficient (Wildman–Crippen LogP) is 3.75. The quantitative estimate of drug-likeness (QED) is 0.869. The van der Waals surface area contributed by atoms with Crippen molar-refractivity contribution in [2.45, 2.75) is 13.3 Å². The molecule has 0 aromatic heterocycles. The third-order valence-corrected chi connectivity index (χ3v) is 3.53. The van der Waals surface area contributed by atoms with E-state index >= 15 is 0 Å². The van der Waals surface area contributed by atoms with Gasteiger partial charge in [0.15, 0.2) is 6.61 Å². The van der Waals surface area contributed by atoms with Gasteiger partial charge in [0.1, 0.15) is 5.75 Å². The number of carbonyl (C=O) groups excluding carboxylic acids is 1. The van der Waals surface area contributed by atoms with Gasteiger partial charge >= 0.3 is 0 Å². The maximum absolute atomic E-state index is 11.3. The van der Waals surface area contributed by atoms with Crippen LogP contribution in [0.2, 0.25) is 0 Å². The first kappa shape index (κ1) is 13.4. The van der Waals surface area contributed by atoms with E-state index in [-0.39, 0.29) is 12.5 Å². The molecule has 0 saturated carbocycles. The van der Waals surface area contributed by atoms with Crippen molar-refractivity contribution in [2.24, 2.45) is 0 Å². The van der Waals surface area contributed by atoms with Crippen molar-refractivity contribution in [3.05, 3.63) is 59.2 Å². The van der Waals surface area contributed by atoms with Gasteiger partial charge in [-0.05, 0) is 35.2 Å². The van der Waals surface area contributed by atoms with E-state index in [4.69, 9.17) is 4.74 Å². The highest BCUT2D eigenvalue weighted by molar-refractivity contribution is 5.95. The maximum Gasteiger partial charge on any atom is 0.262 e. The Morgan fingerprint density at radius 2 is 2.05 bits per heavy atom. The number of hydrogen-bond donors (Lipinski definition) is 1. The zero-order valence-corrected chi connectivity index (χ0v) is 11.9. The molecule has 1 amide bonds. The molecule has 106 valence electrons. The fourth-order valence-electron chi connectivity index (χ4n) is 2.41. The molecule has 0 atom stereocenters. The van der Waals surface area contributed by atoms with E-state index in [9.17, 15) is 4.79 Å². The molecule has 21 heavy (non-hydrogen) atoms. The number of hydrogen-bond acceptors (Lipinski definition) is 2. The van der Waals surface area contributed by atoms with E-state index in [0.29, 0.717) is 0 Å².